The molecule has 5 heteroatoms. The number of carboxylic acids is 1. The molecule has 0 bridgehead atoms. The van der Waals surface area contributed by atoms with E-state index in [-0.39, 0.29) is 0 Å². The number of hydrogen-bond acceptors (Lipinski definition) is 4. The molecule has 0 spiro atoms. The largest absolute Gasteiger partial charge is 0.480 e. The fourth-order valence-corrected chi connectivity index (χ4v) is 1.38. The van der Waals surface area contributed by atoms with Crippen molar-refractivity contribution in [3.8, 4) is 6.07 Å². The SMILES string of the molecule is Cc1cc(NC(C)C(=O)O)c(C#N)c(C)n1. The number of nitriles is 1. The van der Waals surface area contributed by atoms with Crippen LogP contribution >= 0.6 is 0 Å². The predicted molar refractivity (Wildman–Crippen MR) is 59.1 cm³/mol. The third-order valence-corrected chi connectivity index (χ3v) is 2.18. The van der Waals surface area contributed by atoms with Crippen LogP contribution in [0, 0.1) is 25.2 Å². The van der Waals surface area contributed by atoms with E-state index in [1.54, 1.807) is 19.9 Å². The molecular weight excluding hydrogens is 206 g/mol. The lowest BCUT2D eigenvalue weighted by molar-refractivity contribution is -0.137. The molecule has 1 unspecified atom stereocenters. The Hall–Kier alpha value is -2.09. The van der Waals surface area contributed by atoms with Crippen molar-refractivity contribution in [1.82, 2.24) is 4.98 Å². The van der Waals surface area contributed by atoms with Gasteiger partial charge in [0.05, 0.1) is 16.9 Å². The number of pyridine rings is 1. The summed E-state index contributed by atoms with van der Waals surface area (Å²) in [5, 5.41) is 20.5. The Balaban J connectivity index is 3.13. The smallest absolute Gasteiger partial charge is 0.325 e. The Morgan fingerprint density at radius 1 is 1.62 bits per heavy atom. The monoisotopic (exact) mass is 219 g/mol. The number of nitrogens with zero attached hydrogens (tertiary/aromatic N) is 2. The lowest BCUT2D eigenvalue weighted by Crippen LogP contribution is -2.26. The number of anilines is 1. The summed E-state index contributed by atoms with van der Waals surface area (Å²) >= 11 is 0. The van der Waals surface area contributed by atoms with Gasteiger partial charge in [-0.05, 0) is 26.8 Å². The number of aryl methyl sites for hydroxylation is 2. The maximum Gasteiger partial charge on any atom is 0.325 e. The van der Waals surface area contributed by atoms with E-state index < -0.39 is 12.0 Å². The highest BCUT2D eigenvalue weighted by atomic mass is 16.4. The van der Waals surface area contributed by atoms with E-state index in [0.717, 1.165) is 5.69 Å². The van der Waals surface area contributed by atoms with Gasteiger partial charge in [0, 0.05) is 5.69 Å². The molecule has 0 fully saturated rings. The third-order valence-electron chi connectivity index (χ3n) is 2.18. The normalized spacial score (nSPS) is 11.6. The zero-order valence-electron chi connectivity index (χ0n) is 9.40. The van der Waals surface area contributed by atoms with Gasteiger partial charge in [0.2, 0.25) is 0 Å². The second-order valence-electron chi connectivity index (χ2n) is 3.59. The summed E-state index contributed by atoms with van der Waals surface area (Å²) < 4.78 is 0. The van der Waals surface area contributed by atoms with Gasteiger partial charge < -0.3 is 10.4 Å². The van der Waals surface area contributed by atoms with Crippen molar-refractivity contribution < 1.29 is 9.90 Å². The third kappa shape index (κ3) is 2.48. The highest BCUT2D eigenvalue weighted by Crippen LogP contribution is 2.19. The van der Waals surface area contributed by atoms with Gasteiger partial charge in [0.1, 0.15) is 12.1 Å². The molecule has 1 rings (SSSR count). The molecule has 0 amide bonds. The van der Waals surface area contributed by atoms with E-state index in [0.29, 0.717) is 16.9 Å². The molecule has 2 N–H and O–H groups in total. The molecule has 0 saturated carbocycles. The lowest BCUT2D eigenvalue weighted by atomic mass is 10.1. The highest BCUT2D eigenvalue weighted by molar-refractivity contribution is 5.77. The molecule has 0 saturated heterocycles. The van der Waals surface area contributed by atoms with E-state index >= 15 is 0 Å². The Kier molecular flexibility index (Phi) is 3.46. The summed E-state index contributed by atoms with van der Waals surface area (Å²) in [7, 11) is 0. The van der Waals surface area contributed by atoms with E-state index in [1.807, 2.05) is 6.07 Å². The summed E-state index contributed by atoms with van der Waals surface area (Å²) in [5.41, 5.74) is 2.25. The minimum Gasteiger partial charge on any atom is -0.480 e. The van der Waals surface area contributed by atoms with Gasteiger partial charge in [0.25, 0.3) is 0 Å². The summed E-state index contributed by atoms with van der Waals surface area (Å²) in [6, 6.07) is 2.95. The predicted octanol–water partition coefficient (Wildman–Crippen LogP) is 1.46. The molecule has 84 valence electrons. The van der Waals surface area contributed by atoms with Crippen molar-refractivity contribution in [2.45, 2.75) is 26.8 Å². The van der Waals surface area contributed by atoms with Gasteiger partial charge in [0.15, 0.2) is 0 Å². The molecule has 0 aliphatic heterocycles. The number of rotatable bonds is 3. The van der Waals surface area contributed by atoms with Crippen LogP contribution < -0.4 is 5.32 Å². The first-order chi connectivity index (χ1) is 7.45. The maximum atomic E-state index is 10.7. The van der Waals surface area contributed by atoms with Gasteiger partial charge in [-0.15, -0.1) is 0 Å². The van der Waals surface area contributed by atoms with Crippen molar-refractivity contribution >= 4 is 11.7 Å². The Morgan fingerprint density at radius 3 is 2.75 bits per heavy atom. The van der Waals surface area contributed by atoms with Crippen molar-refractivity contribution in [2.75, 3.05) is 5.32 Å². The van der Waals surface area contributed by atoms with Gasteiger partial charge >= 0.3 is 5.97 Å². The summed E-state index contributed by atoms with van der Waals surface area (Å²) in [6.45, 7) is 5.04. The number of nitrogens with one attached hydrogen (secondary N) is 1. The van der Waals surface area contributed by atoms with Crippen LogP contribution in [0.4, 0.5) is 5.69 Å². The molecule has 1 aromatic heterocycles. The number of carboxylic acid groups (broad SMARTS) is 1. The van der Waals surface area contributed by atoms with Crippen LogP contribution in [-0.2, 0) is 4.79 Å². The fraction of sp³-hybridized carbons (Fsp3) is 0.364. The molecule has 0 radical (unpaired) electrons. The highest BCUT2D eigenvalue weighted by Gasteiger charge is 2.14. The van der Waals surface area contributed by atoms with Gasteiger partial charge in [-0.2, -0.15) is 5.26 Å². The number of hydrogen-bond donors (Lipinski definition) is 2. The number of aromatic nitrogens is 1. The molecule has 0 aliphatic rings. The minimum atomic E-state index is -0.962. The molecule has 1 aromatic rings. The van der Waals surface area contributed by atoms with Crippen LogP contribution in [0.15, 0.2) is 6.07 Å². The van der Waals surface area contributed by atoms with Gasteiger partial charge in [-0.3, -0.25) is 9.78 Å². The molecule has 1 heterocycles. The maximum absolute atomic E-state index is 10.7. The summed E-state index contributed by atoms with van der Waals surface area (Å²) in [6.07, 6.45) is 0. The Labute approximate surface area is 93.7 Å². The second-order valence-corrected chi connectivity index (χ2v) is 3.59. The number of carbonyl (C=O) groups is 1. The standard InChI is InChI=1S/C11H13N3O2/c1-6-4-10(14-8(3)11(15)16)9(5-12)7(2)13-6/h4,8H,1-3H3,(H,13,14)(H,15,16). The van der Waals surface area contributed by atoms with E-state index in [4.69, 9.17) is 10.4 Å². The fourth-order valence-electron chi connectivity index (χ4n) is 1.38. The Morgan fingerprint density at radius 2 is 2.25 bits per heavy atom. The number of aliphatic carboxylic acids is 1. The van der Waals surface area contributed by atoms with E-state index in [1.165, 1.54) is 6.92 Å². The van der Waals surface area contributed by atoms with Crippen LogP contribution in [0.25, 0.3) is 0 Å². The van der Waals surface area contributed by atoms with Crippen LogP contribution in [0.5, 0.6) is 0 Å². The van der Waals surface area contributed by atoms with Crippen molar-refractivity contribution in [3.05, 3.63) is 23.0 Å². The van der Waals surface area contributed by atoms with E-state index in [2.05, 4.69) is 10.3 Å². The van der Waals surface area contributed by atoms with Crippen LogP contribution in [-0.4, -0.2) is 22.1 Å². The zero-order valence-corrected chi connectivity index (χ0v) is 9.40. The zero-order chi connectivity index (χ0) is 12.3. The summed E-state index contributed by atoms with van der Waals surface area (Å²) in [5.74, 6) is -0.962. The first-order valence-electron chi connectivity index (χ1n) is 4.83. The van der Waals surface area contributed by atoms with E-state index in [9.17, 15) is 4.79 Å². The molecular formula is C11H13N3O2. The van der Waals surface area contributed by atoms with Gasteiger partial charge in [-0.25, -0.2) is 0 Å². The van der Waals surface area contributed by atoms with Crippen LogP contribution in [0.1, 0.15) is 23.9 Å². The van der Waals surface area contributed by atoms with Crippen molar-refractivity contribution in [2.24, 2.45) is 0 Å². The molecule has 1 atom stereocenters. The average molecular weight is 219 g/mol. The van der Waals surface area contributed by atoms with Crippen LogP contribution in [0.2, 0.25) is 0 Å². The second kappa shape index (κ2) is 4.62. The first kappa shape index (κ1) is 12.0. The van der Waals surface area contributed by atoms with Crippen molar-refractivity contribution in [3.63, 3.8) is 0 Å². The topological polar surface area (TPSA) is 86.0 Å². The lowest BCUT2D eigenvalue weighted by Gasteiger charge is -2.13. The quantitative estimate of drug-likeness (QED) is 0.803. The van der Waals surface area contributed by atoms with Gasteiger partial charge in [-0.1, -0.05) is 0 Å². The Bertz CT molecular complexity index is 463. The molecule has 5 nitrogen and oxygen atoms in total. The van der Waals surface area contributed by atoms with Crippen LogP contribution in [0.3, 0.4) is 0 Å². The molecule has 0 aromatic carbocycles. The summed E-state index contributed by atoms with van der Waals surface area (Å²) in [4.78, 5) is 14.9. The van der Waals surface area contributed by atoms with Crippen molar-refractivity contribution in [1.29, 1.82) is 5.26 Å². The minimum absolute atomic E-state index is 0.388. The first-order valence-corrected chi connectivity index (χ1v) is 4.83. The molecule has 0 aliphatic carbocycles. The molecule has 16 heavy (non-hydrogen) atoms. The average Bonchev–Trinajstić information content (AvgIpc) is 2.16.